The summed E-state index contributed by atoms with van der Waals surface area (Å²) in [6, 6.07) is 5.60. The van der Waals surface area contributed by atoms with Crippen molar-refractivity contribution in [2.24, 2.45) is 0 Å². The van der Waals surface area contributed by atoms with E-state index in [1.165, 1.54) is 6.33 Å². The van der Waals surface area contributed by atoms with Gasteiger partial charge in [0.2, 0.25) is 0 Å². The molecule has 0 unspecified atom stereocenters. The van der Waals surface area contributed by atoms with Crippen LogP contribution in [0.15, 0.2) is 43.1 Å². The predicted molar refractivity (Wildman–Crippen MR) is 62.3 cm³/mol. The van der Waals surface area contributed by atoms with E-state index in [0.29, 0.717) is 6.54 Å². The fourth-order valence-corrected chi connectivity index (χ4v) is 1.51. The summed E-state index contributed by atoms with van der Waals surface area (Å²) in [4.78, 5) is 12.4. The highest BCUT2D eigenvalue weighted by Crippen LogP contribution is 2.06. The third-order valence-corrected chi connectivity index (χ3v) is 2.35. The summed E-state index contributed by atoms with van der Waals surface area (Å²) in [5.41, 5.74) is 1.74. The Labute approximate surface area is 97.4 Å². The van der Waals surface area contributed by atoms with Crippen LogP contribution in [0.25, 0.3) is 5.65 Å². The lowest BCUT2D eigenvalue weighted by Crippen LogP contribution is -2.04. The molecule has 1 N–H and O–H groups in total. The van der Waals surface area contributed by atoms with Gasteiger partial charge < -0.3 is 5.32 Å². The van der Waals surface area contributed by atoms with Gasteiger partial charge in [-0.25, -0.2) is 19.5 Å². The molecular weight excluding hydrogens is 216 g/mol. The van der Waals surface area contributed by atoms with Crippen LogP contribution in [0.1, 0.15) is 5.69 Å². The highest BCUT2D eigenvalue weighted by molar-refractivity contribution is 5.45. The number of hydrogen-bond donors (Lipinski definition) is 1. The molecule has 6 nitrogen and oxygen atoms in total. The molecule has 0 fully saturated rings. The van der Waals surface area contributed by atoms with Gasteiger partial charge in [-0.05, 0) is 12.1 Å². The molecule has 17 heavy (non-hydrogen) atoms. The van der Waals surface area contributed by atoms with Crippen molar-refractivity contribution in [3.05, 3.63) is 48.8 Å². The Morgan fingerprint density at radius 2 is 2.18 bits per heavy atom. The quantitative estimate of drug-likeness (QED) is 0.725. The zero-order chi connectivity index (χ0) is 11.5. The number of rotatable bonds is 3. The van der Waals surface area contributed by atoms with Gasteiger partial charge in [0.15, 0.2) is 5.65 Å². The Balaban J connectivity index is 1.76. The fourth-order valence-electron chi connectivity index (χ4n) is 1.51. The Hall–Kier alpha value is -2.50. The van der Waals surface area contributed by atoms with E-state index in [4.69, 9.17) is 0 Å². The number of nitrogens with one attached hydrogen (secondary N) is 1. The number of aromatic nitrogens is 5. The van der Waals surface area contributed by atoms with Crippen molar-refractivity contribution in [1.29, 1.82) is 0 Å². The molecule has 3 rings (SSSR count). The van der Waals surface area contributed by atoms with Gasteiger partial charge in [0, 0.05) is 18.5 Å². The summed E-state index contributed by atoms with van der Waals surface area (Å²) in [5.74, 6) is 0.802. The van der Waals surface area contributed by atoms with Crippen molar-refractivity contribution in [2.75, 3.05) is 5.32 Å². The van der Waals surface area contributed by atoms with Crippen LogP contribution in [0, 0.1) is 0 Å². The zero-order valence-electron chi connectivity index (χ0n) is 8.98. The maximum absolute atomic E-state index is 4.40. The molecule has 0 atom stereocenters. The van der Waals surface area contributed by atoms with Gasteiger partial charge in [-0.2, -0.15) is 5.10 Å². The van der Waals surface area contributed by atoms with Crippen LogP contribution in [-0.4, -0.2) is 24.6 Å². The average Bonchev–Trinajstić information content (AvgIpc) is 2.85. The van der Waals surface area contributed by atoms with E-state index in [0.717, 1.165) is 17.2 Å². The van der Waals surface area contributed by atoms with E-state index in [-0.39, 0.29) is 0 Å². The monoisotopic (exact) mass is 226 g/mol. The molecule has 0 aromatic carbocycles. The van der Waals surface area contributed by atoms with E-state index in [1.54, 1.807) is 16.9 Å². The zero-order valence-corrected chi connectivity index (χ0v) is 8.98. The molecule has 0 radical (unpaired) electrons. The molecule has 0 saturated carbocycles. The van der Waals surface area contributed by atoms with Crippen molar-refractivity contribution in [3.8, 4) is 0 Å². The molecule has 0 spiro atoms. The van der Waals surface area contributed by atoms with Crippen LogP contribution in [0.2, 0.25) is 0 Å². The summed E-state index contributed by atoms with van der Waals surface area (Å²) in [6.45, 7) is 0.625. The first kappa shape index (κ1) is 9.71. The standard InChI is InChI=1S/C11H10N6/c1-4-12-8-14-9(1)7-13-10-3-6-17-11(16-10)2-5-15-17/h1-6,8H,7H2,(H,13,16). The van der Waals surface area contributed by atoms with Crippen LogP contribution in [0.3, 0.4) is 0 Å². The molecule has 0 aliphatic carbocycles. The van der Waals surface area contributed by atoms with E-state index >= 15 is 0 Å². The first-order valence-corrected chi connectivity index (χ1v) is 5.21. The molecule has 3 heterocycles. The summed E-state index contributed by atoms with van der Waals surface area (Å²) in [6.07, 6.45) is 6.84. The highest BCUT2D eigenvalue weighted by atomic mass is 15.2. The lowest BCUT2D eigenvalue weighted by molar-refractivity contribution is 0.932. The number of hydrogen-bond acceptors (Lipinski definition) is 5. The smallest absolute Gasteiger partial charge is 0.157 e. The number of fused-ring (bicyclic) bond motifs is 1. The SMILES string of the molecule is c1cc(CNc2ccn3nccc3n2)ncn1. The summed E-state index contributed by atoms with van der Waals surface area (Å²) < 4.78 is 1.72. The molecular formula is C11H10N6. The maximum Gasteiger partial charge on any atom is 0.157 e. The molecule has 0 aliphatic heterocycles. The molecule has 6 heteroatoms. The molecule has 3 aromatic rings. The average molecular weight is 226 g/mol. The number of nitrogens with zero attached hydrogens (tertiary/aromatic N) is 5. The van der Waals surface area contributed by atoms with E-state index < -0.39 is 0 Å². The van der Waals surface area contributed by atoms with Crippen molar-refractivity contribution >= 4 is 11.5 Å². The Kier molecular flexibility index (Phi) is 2.38. The Bertz CT molecular complexity index is 618. The maximum atomic E-state index is 4.40. The van der Waals surface area contributed by atoms with E-state index in [2.05, 4.69) is 25.4 Å². The van der Waals surface area contributed by atoms with Crippen molar-refractivity contribution in [2.45, 2.75) is 6.54 Å². The van der Waals surface area contributed by atoms with Crippen LogP contribution in [0.4, 0.5) is 5.82 Å². The second-order valence-electron chi connectivity index (χ2n) is 3.50. The summed E-state index contributed by atoms with van der Waals surface area (Å²) in [7, 11) is 0. The fraction of sp³-hybridized carbons (Fsp3) is 0.0909. The topological polar surface area (TPSA) is 68.0 Å². The minimum atomic E-state index is 0.625. The van der Waals surface area contributed by atoms with Gasteiger partial charge in [0.05, 0.1) is 18.4 Å². The van der Waals surface area contributed by atoms with Crippen LogP contribution in [0.5, 0.6) is 0 Å². The highest BCUT2D eigenvalue weighted by Gasteiger charge is 1.98. The van der Waals surface area contributed by atoms with Gasteiger partial charge >= 0.3 is 0 Å². The number of anilines is 1. The molecule has 0 aliphatic rings. The predicted octanol–water partition coefficient (Wildman–Crippen LogP) is 1.13. The molecule has 0 amide bonds. The summed E-state index contributed by atoms with van der Waals surface area (Å²) in [5, 5.41) is 7.28. The third kappa shape index (κ3) is 2.05. The van der Waals surface area contributed by atoms with Crippen LogP contribution < -0.4 is 5.32 Å². The van der Waals surface area contributed by atoms with Gasteiger partial charge in [-0.15, -0.1) is 0 Å². The molecule has 0 bridgehead atoms. The lowest BCUT2D eigenvalue weighted by Gasteiger charge is -2.04. The second-order valence-corrected chi connectivity index (χ2v) is 3.50. The Morgan fingerprint density at radius 1 is 1.18 bits per heavy atom. The minimum absolute atomic E-state index is 0.625. The third-order valence-electron chi connectivity index (χ3n) is 2.35. The van der Waals surface area contributed by atoms with Gasteiger partial charge in [-0.1, -0.05) is 0 Å². The molecule has 3 aromatic heterocycles. The van der Waals surface area contributed by atoms with Crippen molar-refractivity contribution in [1.82, 2.24) is 24.6 Å². The van der Waals surface area contributed by atoms with Crippen molar-refractivity contribution in [3.63, 3.8) is 0 Å². The summed E-state index contributed by atoms with van der Waals surface area (Å²) >= 11 is 0. The Morgan fingerprint density at radius 3 is 3.06 bits per heavy atom. The van der Waals surface area contributed by atoms with Gasteiger partial charge in [0.1, 0.15) is 12.1 Å². The van der Waals surface area contributed by atoms with Crippen LogP contribution in [-0.2, 0) is 6.54 Å². The normalized spacial score (nSPS) is 10.6. The lowest BCUT2D eigenvalue weighted by atomic mass is 10.4. The second kappa shape index (κ2) is 4.17. The first-order valence-electron chi connectivity index (χ1n) is 5.21. The van der Waals surface area contributed by atoms with Crippen molar-refractivity contribution < 1.29 is 0 Å². The minimum Gasteiger partial charge on any atom is -0.364 e. The largest absolute Gasteiger partial charge is 0.364 e. The van der Waals surface area contributed by atoms with E-state index in [9.17, 15) is 0 Å². The van der Waals surface area contributed by atoms with Crippen LogP contribution >= 0.6 is 0 Å². The molecule has 84 valence electrons. The van der Waals surface area contributed by atoms with Gasteiger partial charge in [0.25, 0.3) is 0 Å². The first-order chi connectivity index (χ1) is 8.42. The molecule has 0 saturated heterocycles. The van der Waals surface area contributed by atoms with E-state index in [1.807, 2.05) is 24.4 Å². The van der Waals surface area contributed by atoms with Gasteiger partial charge in [-0.3, -0.25) is 0 Å².